The van der Waals surface area contributed by atoms with Crippen molar-refractivity contribution in [2.45, 2.75) is 52.9 Å². The largest absolute Gasteiger partial charge is 0.316 e. The predicted molar refractivity (Wildman–Crippen MR) is 244 cm³/mol. The molecule has 278 valence electrons. The van der Waals surface area contributed by atoms with E-state index in [1.807, 2.05) is 13.8 Å². The summed E-state index contributed by atoms with van der Waals surface area (Å²) < 4.78 is 2.32. The third-order valence-corrected chi connectivity index (χ3v) is 12.1. The number of para-hydroxylation sites is 1. The maximum Gasteiger partial charge on any atom is 0.0725 e. The molecule has 3 aliphatic carbocycles. The van der Waals surface area contributed by atoms with E-state index in [0.717, 1.165) is 0 Å². The van der Waals surface area contributed by atoms with Gasteiger partial charge in [-0.3, -0.25) is 0 Å². The van der Waals surface area contributed by atoms with Gasteiger partial charge in [0.25, 0.3) is 0 Å². The first-order valence-electron chi connectivity index (χ1n) is 20.6. The average Bonchev–Trinajstić information content (AvgIpc) is 3.92. The summed E-state index contributed by atoms with van der Waals surface area (Å²) in [6, 6.07) is 56.6. The van der Waals surface area contributed by atoms with E-state index in [9.17, 15) is 0 Å². The van der Waals surface area contributed by atoms with Crippen molar-refractivity contribution in [3.05, 3.63) is 221 Å². The number of fused-ring (bicyclic) bond motifs is 13. The molecule has 0 amide bonds. The molecule has 8 aromatic rings. The lowest BCUT2D eigenvalue weighted by Gasteiger charge is -2.31. The number of hydrogen-bond acceptors (Lipinski definition) is 0. The van der Waals surface area contributed by atoms with Crippen molar-refractivity contribution in [2.75, 3.05) is 0 Å². The smallest absolute Gasteiger partial charge is 0.0725 e. The Morgan fingerprint density at radius 3 is 1.88 bits per heavy atom. The van der Waals surface area contributed by atoms with E-state index in [4.69, 9.17) is 0 Å². The van der Waals surface area contributed by atoms with E-state index < -0.39 is 0 Å². The monoisotopic (exact) mass is 735 g/mol. The Hall–Kier alpha value is -6.44. The molecular formula is C56H49N. The van der Waals surface area contributed by atoms with Gasteiger partial charge in [-0.25, -0.2) is 0 Å². The van der Waals surface area contributed by atoms with Crippen LogP contribution in [0.1, 0.15) is 68.4 Å². The maximum absolute atomic E-state index is 2.51. The molecule has 1 nitrogen and oxygen atoms in total. The molecule has 0 unspecified atom stereocenters. The van der Waals surface area contributed by atoms with Crippen LogP contribution in [0.3, 0.4) is 0 Å². The lowest BCUT2D eigenvalue weighted by Crippen LogP contribution is -2.26. The summed E-state index contributed by atoms with van der Waals surface area (Å²) in [5.41, 5.74) is 19.7. The number of rotatable bonds is 3. The van der Waals surface area contributed by atoms with Gasteiger partial charge in [-0.2, -0.15) is 0 Å². The first-order chi connectivity index (χ1) is 28.1. The summed E-state index contributed by atoms with van der Waals surface area (Å²) in [6.07, 6.45) is 13.4. The summed E-state index contributed by atoms with van der Waals surface area (Å²) in [5, 5.41) is 3.79. The highest BCUT2D eigenvalue weighted by Crippen LogP contribution is 2.63. The second kappa shape index (κ2) is 14.9. The molecule has 1 heterocycles. The van der Waals surface area contributed by atoms with Crippen molar-refractivity contribution in [1.82, 2.24) is 4.57 Å². The van der Waals surface area contributed by atoms with Crippen LogP contribution in [0.25, 0.3) is 60.7 Å². The summed E-state index contributed by atoms with van der Waals surface area (Å²) >= 11 is 0. The van der Waals surface area contributed by atoms with Crippen molar-refractivity contribution in [3.63, 3.8) is 0 Å². The van der Waals surface area contributed by atoms with Crippen molar-refractivity contribution in [1.29, 1.82) is 0 Å². The highest BCUT2D eigenvalue weighted by atomic mass is 15.0. The van der Waals surface area contributed by atoms with E-state index in [2.05, 4.69) is 207 Å². The van der Waals surface area contributed by atoms with Gasteiger partial charge in [0.2, 0.25) is 0 Å². The Kier molecular flexibility index (Phi) is 9.47. The van der Waals surface area contributed by atoms with Crippen LogP contribution in [0.2, 0.25) is 0 Å². The Balaban J connectivity index is 0.000000308. The van der Waals surface area contributed by atoms with Gasteiger partial charge in [-0.15, -0.1) is 0 Å². The molecule has 1 heteroatoms. The lowest BCUT2D eigenvalue weighted by atomic mass is 9.70. The molecule has 3 aliphatic rings. The average molecular weight is 736 g/mol. The Morgan fingerprint density at radius 2 is 1.18 bits per heavy atom. The van der Waals surface area contributed by atoms with Crippen molar-refractivity contribution in [2.24, 2.45) is 0 Å². The molecule has 0 radical (unpaired) electrons. The molecule has 1 spiro atoms. The number of benzene rings is 7. The summed E-state index contributed by atoms with van der Waals surface area (Å²) in [7, 11) is 0. The van der Waals surface area contributed by atoms with Crippen LogP contribution in [0, 0.1) is 6.92 Å². The van der Waals surface area contributed by atoms with Crippen LogP contribution < -0.4 is 0 Å². The van der Waals surface area contributed by atoms with E-state index in [1.54, 1.807) is 0 Å². The standard InChI is InChI=1S/C44H29N.C10H14.C2H6/c1-28-19-21-35-36-22-20-29(27-42(36)44(41(35)25-28)39-17-9-7-14-33(39)34-15-8-10-18-40(34)44)38-26-30-23-24-45(31-11-3-2-4-12-31)43(30)37-16-6-5-13-32(37)38;1-3-6-10-8-5-4-7-9(10)2;1-2/h2-27H,1H3;3,5-6,8H,4,7H2,1-2H3;1-2H3/b;6-3-;. The molecule has 1 aromatic heterocycles. The molecule has 0 saturated carbocycles. The Bertz CT molecular complexity index is 2840. The van der Waals surface area contributed by atoms with Gasteiger partial charge in [-0.05, 0) is 131 Å². The third kappa shape index (κ3) is 5.76. The first kappa shape index (κ1) is 36.2. The van der Waals surface area contributed by atoms with Crippen molar-refractivity contribution < 1.29 is 0 Å². The van der Waals surface area contributed by atoms with Gasteiger partial charge < -0.3 is 4.57 Å². The molecule has 0 saturated heterocycles. The molecule has 0 bridgehead atoms. The zero-order valence-electron chi connectivity index (χ0n) is 33.7. The van der Waals surface area contributed by atoms with Crippen molar-refractivity contribution >= 4 is 21.7 Å². The van der Waals surface area contributed by atoms with Crippen LogP contribution in [-0.2, 0) is 5.41 Å². The number of aromatic nitrogens is 1. The minimum Gasteiger partial charge on any atom is -0.316 e. The second-order valence-electron chi connectivity index (χ2n) is 15.3. The highest BCUT2D eigenvalue weighted by molar-refractivity contribution is 6.13. The molecule has 0 N–H and O–H groups in total. The van der Waals surface area contributed by atoms with Crippen LogP contribution in [0.15, 0.2) is 193 Å². The molecule has 0 fully saturated rings. The SMILES string of the molecule is C/C=C\C1=C(C)CCC=C1.CC.Cc1ccc2c(c1)C1(c3ccccc3-c3ccccc31)c1cc(-c3cc4ccn(-c5ccccc5)c4c4ccccc34)ccc1-2. The molecule has 57 heavy (non-hydrogen) atoms. The van der Waals surface area contributed by atoms with Gasteiger partial charge in [0.15, 0.2) is 0 Å². The summed E-state index contributed by atoms with van der Waals surface area (Å²) in [6.45, 7) is 10.5. The third-order valence-electron chi connectivity index (χ3n) is 12.1. The first-order valence-corrected chi connectivity index (χ1v) is 20.6. The normalized spacial score (nSPS) is 14.2. The zero-order chi connectivity index (χ0) is 39.1. The van der Waals surface area contributed by atoms with Gasteiger partial charge in [0, 0.05) is 22.7 Å². The maximum atomic E-state index is 2.51. The zero-order valence-corrected chi connectivity index (χ0v) is 33.7. The Labute approximate surface area is 338 Å². The van der Waals surface area contributed by atoms with E-state index in [1.165, 1.54) is 113 Å². The number of nitrogens with zero attached hydrogens (tertiary/aromatic N) is 1. The molecular weight excluding hydrogens is 687 g/mol. The fourth-order valence-corrected chi connectivity index (χ4v) is 9.64. The van der Waals surface area contributed by atoms with Gasteiger partial charge in [-0.1, -0.05) is 171 Å². The van der Waals surface area contributed by atoms with E-state index in [0.29, 0.717) is 0 Å². The van der Waals surface area contributed by atoms with Gasteiger partial charge >= 0.3 is 0 Å². The molecule has 0 atom stereocenters. The highest BCUT2D eigenvalue weighted by Gasteiger charge is 2.51. The fraction of sp³-hybridized carbons (Fsp3) is 0.143. The molecule has 7 aromatic carbocycles. The van der Waals surface area contributed by atoms with E-state index >= 15 is 0 Å². The summed E-state index contributed by atoms with van der Waals surface area (Å²) in [4.78, 5) is 0. The van der Waals surface area contributed by atoms with Crippen LogP contribution in [-0.4, -0.2) is 4.57 Å². The minimum atomic E-state index is -0.351. The number of aryl methyl sites for hydroxylation is 1. The van der Waals surface area contributed by atoms with Gasteiger partial charge in [0.05, 0.1) is 10.9 Å². The van der Waals surface area contributed by atoms with Gasteiger partial charge in [0.1, 0.15) is 0 Å². The van der Waals surface area contributed by atoms with Crippen LogP contribution in [0.5, 0.6) is 0 Å². The summed E-state index contributed by atoms with van der Waals surface area (Å²) in [5.74, 6) is 0. The van der Waals surface area contributed by atoms with E-state index in [-0.39, 0.29) is 5.41 Å². The lowest BCUT2D eigenvalue weighted by molar-refractivity contribution is 0.793. The minimum absolute atomic E-state index is 0.351. The quantitative estimate of drug-likeness (QED) is 0.170. The fourth-order valence-electron chi connectivity index (χ4n) is 9.64. The number of allylic oxidation sites excluding steroid dienone is 6. The molecule has 11 rings (SSSR count). The van der Waals surface area contributed by atoms with Crippen LogP contribution in [0.4, 0.5) is 0 Å². The Morgan fingerprint density at radius 1 is 0.561 bits per heavy atom. The number of hydrogen-bond donors (Lipinski definition) is 0. The van der Waals surface area contributed by atoms with Crippen LogP contribution >= 0.6 is 0 Å². The molecule has 0 aliphatic heterocycles. The predicted octanol–water partition coefficient (Wildman–Crippen LogP) is 15.4. The topological polar surface area (TPSA) is 4.93 Å². The second-order valence-corrected chi connectivity index (χ2v) is 15.3. The van der Waals surface area contributed by atoms with Crippen molar-refractivity contribution in [3.8, 4) is 39.1 Å².